The van der Waals surface area contributed by atoms with Gasteiger partial charge in [-0.2, -0.15) is 5.10 Å². The first-order valence-electron chi connectivity index (χ1n) is 7.40. The molecule has 2 aromatic carbocycles. The summed E-state index contributed by atoms with van der Waals surface area (Å²) < 4.78 is 0. The van der Waals surface area contributed by atoms with Crippen molar-refractivity contribution in [3.63, 3.8) is 0 Å². The summed E-state index contributed by atoms with van der Waals surface area (Å²) in [5, 5.41) is 4.92. The molecule has 1 N–H and O–H groups in total. The average molecular weight is 349 g/mol. The number of benzene rings is 2. The maximum absolute atomic E-state index is 12.1. The highest BCUT2D eigenvalue weighted by Gasteiger charge is 2.10. The monoisotopic (exact) mass is 348 g/mol. The van der Waals surface area contributed by atoms with Gasteiger partial charge in [0.25, 0.3) is 5.91 Å². The van der Waals surface area contributed by atoms with Crippen molar-refractivity contribution in [2.24, 2.45) is 5.10 Å². The molecule has 1 amide bonds. The second kappa shape index (κ2) is 8.14. The van der Waals surface area contributed by atoms with Gasteiger partial charge < -0.3 is 0 Å². The zero-order chi connectivity index (χ0) is 16.8. The molecule has 2 aromatic rings. The van der Waals surface area contributed by atoms with Gasteiger partial charge >= 0.3 is 0 Å². The fourth-order valence-electron chi connectivity index (χ4n) is 2.13. The van der Waals surface area contributed by atoms with Gasteiger partial charge in [0.15, 0.2) is 0 Å². The normalized spacial score (nSPS) is 11.4. The number of amides is 1. The Morgan fingerprint density at radius 2 is 1.83 bits per heavy atom. The van der Waals surface area contributed by atoms with Crippen LogP contribution in [0.25, 0.3) is 0 Å². The van der Waals surface area contributed by atoms with E-state index in [2.05, 4.69) is 29.6 Å². The van der Waals surface area contributed by atoms with Gasteiger partial charge in [-0.25, -0.2) is 5.43 Å². The van der Waals surface area contributed by atoms with Gasteiger partial charge in [0.2, 0.25) is 0 Å². The fourth-order valence-corrected chi connectivity index (χ4v) is 2.63. The number of halogens is 2. The maximum Gasteiger partial charge on any atom is 0.272 e. The van der Waals surface area contributed by atoms with Crippen LogP contribution < -0.4 is 5.43 Å². The van der Waals surface area contributed by atoms with Crippen LogP contribution in [0.4, 0.5) is 0 Å². The zero-order valence-corrected chi connectivity index (χ0v) is 14.6. The minimum Gasteiger partial charge on any atom is -0.267 e. The molecule has 23 heavy (non-hydrogen) atoms. The molecule has 120 valence electrons. The Labute approximate surface area is 146 Å². The Morgan fingerprint density at radius 1 is 1.13 bits per heavy atom. The molecular formula is C18H18Cl2N2O. The first-order valence-corrected chi connectivity index (χ1v) is 8.16. The molecule has 2 rings (SSSR count). The van der Waals surface area contributed by atoms with Gasteiger partial charge in [0.1, 0.15) is 0 Å². The standard InChI is InChI=1S/C18H18Cl2N2O/c1-3-4-13-5-7-14(8-6-13)12(2)21-22-18(23)16-10-9-15(19)11-17(16)20/h5-11H,3-4H2,1-2H3,(H,22,23)/b21-12+. The van der Waals surface area contributed by atoms with Crippen molar-refractivity contribution in [1.82, 2.24) is 5.43 Å². The maximum atomic E-state index is 12.1. The van der Waals surface area contributed by atoms with E-state index in [0.717, 1.165) is 24.1 Å². The van der Waals surface area contributed by atoms with E-state index < -0.39 is 0 Å². The smallest absolute Gasteiger partial charge is 0.267 e. The lowest BCUT2D eigenvalue weighted by atomic mass is 10.1. The second-order valence-corrected chi connectivity index (χ2v) is 6.05. The van der Waals surface area contributed by atoms with Gasteiger partial charge in [-0.1, -0.05) is 60.8 Å². The zero-order valence-electron chi connectivity index (χ0n) is 13.1. The van der Waals surface area contributed by atoms with Gasteiger partial charge in [-0.05, 0) is 42.7 Å². The number of rotatable bonds is 5. The average Bonchev–Trinajstić information content (AvgIpc) is 2.53. The summed E-state index contributed by atoms with van der Waals surface area (Å²) in [5.41, 5.74) is 5.84. The van der Waals surface area contributed by atoms with E-state index in [-0.39, 0.29) is 5.91 Å². The van der Waals surface area contributed by atoms with E-state index in [1.165, 1.54) is 11.6 Å². The second-order valence-electron chi connectivity index (χ2n) is 5.21. The van der Waals surface area contributed by atoms with E-state index >= 15 is 0 Å². The lowest BCUT2D eigenvalue weighted by Crippen LogP contribution is -2.19. The van der Waals surface area contributed by atoms with Crippen molar-refractivity contribution >= 4 is 34.8 Å². The molecule has 0 fully saturated rings. The van der Waals surface area contributed by atoms with Crippen LogP contribution in [0.15, 0.2) is 47.6 Å². The van der Waals surface area contributed by atoms with Gasteiger partial charge in [0.05, 0.1) is 16.3 Å². The predicted molar refractivity (Wildman–Crippen MR) is 96.6 cm³/mol. The quantitative estimate of drug-likeness (QED) is 0.592. The molecule has 0 unspecified atom stereocenters. The van der Waals surface area contributed by atoms with Crippen molar-refractivity contribution in [3.8, 4) is 0 Å². The topological polar surface area (TPSA) is 41.5 Å². The molecule has 0 saturated heterocycles. The molecule has 5 heteroatoms. The molecule has 0 aliphatic carbocycles. The number of carbonyl (C=O) groups excluding carboxylic acids is 1. The Morgan fingerprint density at radius 3 is 2.43 bits per heavy atom. The van der Waals surface area contributed by atoms with Crippen molar-refractivity contribution < 1.29 is 4.79 Å². The molecule has 0 bridgehead atoms. The summed E-state index contributed by atoms with van der Waals surface area (Å²) in [6.07, 6.45) is 2.17. The van der Waals surface area contributed by atoms with Crippen molar-refractivity contribution in [3.05, 3.63) is 69.2 Å². The largest absolute Gasteiger partial charge is 0.272 e. The number of nitrogens with one attached hydrogen (secondary N) is 1. The summed E-state index contributed by atoms with van der Waals surface area (Å²) in [4.78, 5) is 12.1. The van der Waals surface area contributed by atoms with E-state index in [1.807, 2.05) is 19.1 Å². The first-order chi connectivity index (χ1) is 11.0. The number of hydrazone groups is 1. The Bertz CT molecular complexity index is 724. The van der Waals surface area contributed by atoms with Crippen molar-refractivity contribution in [2.45, 2.75) is 26.7 Å². The third-order valence-corrected chi connectivity index (χ3v) is 3.96. The Hall–Kier alpha value is -1.84. The van der Waals surface area contributed by atoms with Crippen LogP contribution in [-0.4, -0.2) is 11.6 Å². The predicted octanol–water partition coefficient (Wildman–Crippen LogP) is 5.10. The molecule has 0 spiro atoms. The van der Waals surface area contributed by atoms with Crippen LogP contribution in [0.2, 0.25) is 10.0 Å². The molecule has 0 aliphatic rings. The number of carbonyl (C=O) groups is 1. The summed E-state index contributed by atoms with van der Waals surface area (Å²) >= 11 is 11.8. The summed E-state index contributed by atoms with van der Waals surface area (Å²) in [6.45, 7) is 4.00. The minimum absolute atomic E-state index is 0.298. The SMILES string of the molecule is CCCc1ccc(/C(C)=N/NC(=O)c2ccc(Cl)cc2Cl)cc1. The molecular weight excluding hydrogens is 331 g/mol. The summed E-state index contributed by atoms with van der Waals surface area (Å²) in [5.74, 6) is -0.367. The van der Waals surface area contributed by atoms with E-state index in [9.17, 15) is 4.79 Å². The number of hydrogen-bond donors (Lipinski definition) is 1. The third-order valence-electron chi connectivity index (χ3n) is 3.41. The number of nitrogens with zero attached hydrogens (tertiary/aromatic N) is 1. The fraction of sp³-hybridized carbons (Fsp3) is 0.222. The van der Waals surface area contributed by atoms with Crippen LogP contribution in [0.3, 0.4) is 0 Å². The molecule has 0 radical (unpaired) electrons. The summed E-state index contributed by atoms with van der Waals surface area (Å²) in [6, 6.07) is 12.9. The van der Waals surface area contributed by atoms with Gasteiger partial charge in [0, 0.05) is 5.02 Å². The lowest BCUT2D eigenvalue weighted by molar-refractivity contribution is 0.0955. The van der Waals surface area contributed by atoms with Gasteiger partial charge in [-0.15, -0.1) is 0 Å². The highest BCUT2D eigenvalue weighted by Crippen LogP contribution is 2.20. The van der Waals surface area contributed by atoms with Crippen LogP contribution in [0, 0.1) is 0 Å². The van der Waals surface area contributed by atoms with E-state index in [0.29, 0.717) is 15.6 Å². The molecule has 0 saturated carbocycles. The first kappa shape index (κ1) is 17.5. The van der Waals surface area contributed by atoms with Crippen molar-refractivity contribution in [2.75, 3.05) is 0 Å². The van der Waals surface area contributed by atoms with Crippen LogP contribution in [-0.2, 0) is 6.42 Å². The minimum atomic E-state index is -0.367. The molecule has 0 aromatic heterocycles. The van der Waals surface area contributed by atoms with E-state index in [4.69, 9.17) is 23.2 Å². The summed E-state index contributed by atoms with van der Waals surface area (Å²) in [7, 11) is 0. The van der Waals surface area contributed by atoms with Crippen LogP contribution >= 0.6 is 23.2 Å². The molecule has 0 atom stereocenters. The lowest BCUT2D eigenvalue weighted by Gasteiger charge is -2.06. The van der Waals surface area contributed by atoms with Gasteiger partial charge in [-0.3, -0.25) is 4.79 Å². The Kier molecular flexibility index (Phi) is 6.20. The van der Waals surface area contributed by atoms with Crippen LogP contribution in [0.5, 0.6) is 0 Å². The number of hydrogen-bond acceptors (Lipinski definition) is 2. The highest BCUT2D eigenvalue weighted by molar-refractivity contribution is 6.36. The molecule has 0 aliphatic heterocycles. The van der Waals surface area contributed by atoms with Crippen molar-refractivity contribution in [1.29, 1.82) is 0 Å². The third kappa shape index (κ3) is 4.81. The molecule has 3 nitrogen and oxygen atoms in total. The number of aryl methyl sites for hydroxylation is 1. The van der Waals surface area contributed by atoms with Crippen LogP contribution in [0.1, 0.15) is 41.8 Å². The molecule has 0 heterocycles. The highest BCUT2D eigenvalue weighted by atomic mass is 35.5. The Balaban J connectivity index is 2.07. The van der Waals surface area contributed by atoms with E-state index in [1.54, 1.807) is 12.1 Å².